The Balaban J connectivity index is 1.57. The van der Waals surface area contributed by atoms with Crippen LogP contribution in [0.3, 0.4) is 0 Å². The van der Waals surface area contributed by atoms with Crippen LogP contribution in [0.25, 0.3) is 0 Å². The molecule has 1 aliphatic heterocycles. The van der Waals surface area contributed by atoms with E-state index in [0.29, 0.717) is 6.61 Å². The van der Waals surface area contributed by atoms with E-state index in [4.69, 9.17) is 4.74 Å². The average molecular weight is 309 g/mol. The molecule has 0 aromatic heterocycles. The van der Waals surface area contributed by atoms with E-state index in [0.717, 1.165) is 30.6 Å². The second-order valence-electron chi connectivity index (χ2n) is 5.44. The number of carbonyl (C=O) groups is 1. The summed E-state index contributed by atoms with van der Waals surface area (Å²) < 4.78 is 5.41. The molecule has 1 fully saturated rings. The molecule has 0 spiro atoms. The number of ether oxygens (including phenoxy) is 1. The van der Waals surface area contributed by atoms with E-state index >= 15 is 0 Å². The van der Waals surface area contributed by atoms with Gasteiger partial charge in [-0.05, 0) is 30.5 Å². The van der Waals surface area contributed by atoms with Gasteiger partial charge in [0.2, 0.25) is 0 Å². The summed E-state index contributed by atoms with van der Waals surface area (Å²) in [6.45, 7) is 1.02. The summed E-state index contributed by atoms with van der Waals surface area (Å²) in [6.07, 6.45) is 1.67. The minimum absolute atomic E-state index is 0.238. The molecule has 23 heavy (non-hydrogen) atoms. The second kappa shape index (κ2) is 7.54. The molecule has 1 unspecified atom stereocenters. The zero-order chi connectivity index (χ0) is 15.9. The van der Waals surface area contributed by atoms with Gasteiger partial charge < -0.3 is 4.74 Å². The molecule has 0 saturated carbocycles. The molecular weight excluding hydrogens is 290 g/mol. The Labute approximate surface area is 135 Å². The van der Waals surface area contributed by atoms with Crippen molar-refractivity contribution in [3.8, 4) is 0 Å². The van der Waals surface area contributed by atoms with E-state index in [2.05, 4.69) is 10.3 Å². The lowest BCUT2D eigenvalue weighted by molar-refractivity contribution is -0.150. The van der Waals surface area contributed by atoms with Gasteiger partial charge in [-0.1, -0.05) is 53.8 Å². The van der Waals surface area contributed by atoms with Crippen LogP contribution >= 0.6 is 0 Å². The van der Waals surface area contributed by atoms with Crippen molar-refractivity contribution >= 4 is 11.7 Å². The monoisotopic (exact) mass is 309 g/mol. The van der Waals surface area contributed by atoms with Gasteiger partial charge in [-0.15, -0.1) is 5.11 Å². The zero-order valence-electron chi connectivity index (χ0n) is 12.8. The molecule has 3 rings (SSSR count). The Morgan fingerprint density at radius 3 is 2.52 bits per heavy atom. The molecule has 2 aromatic rings. The largest absolute Gasteiger partial charge is 0.459 e. The maximum Gasteiger partial charge on any atom is 0.330 e. The van der Waals surface area contributed by atoms with Crippen molar-refractivity contribution in [1.82, 2.24) is 5.01 Å². The highest BCUT2D eigenvalue weighted by molar-refractivity contribution is 5.76. The van der Waals surface area contributed by atoms with E-state index in [9.17, 15) is 4.79 Å². The lowest BCUT2D eigenvalue weighted by Crippen LogP contribution is -2.33. The van der Waals surface area contributed by atoms with Crippen LogP contribution in [-0.2, 0) is 16.1 Å². The minimum atomic E-state index is -0.342. The minimum Gasteiger partial charge on any atom is -0.459 e. The molecule has 118 valence electrons. The molecule has 0 amide bonds. The maximum atomic E-state index is 12.3. The summed E-state index contributed by atoms with van der Waals surface area (Å²) in [5, 5.41) is 10.1. The summed E-state index contributed by atoms with van der Waals surface area (Å²) in [7, 11) is 0. The van der Waals surface area contributed by atoms with Crippen LogP contribution in [0.4, 0.5) is 5.69 Å². The lowest BCUT2D eigenvalue weighted by Gasteiger charge is -2.18. The van der Waals surface area contributed by atoms with Crippen LogP contribution in [0.5, 0.6) is 0 Å². The smallest absolute Gasteiger partial charge is 0.330 e. The lowest BCUT2D eigenvalue weighted by atomic mass is 10.2. The highest BCUT2D eigenvalue weighted by Crippen LogP contribution is 2.21. The number of rotatable bonds is 5. The number of hydrogen-bond acceptors (Lipinski definition) is 4. The quantitative estimate of drug-likeness (QED) is 0.622. The topological polar surface area (TPSA) is 54.3 Å². The summed E-state index contributed by atoms with van der Waals surface area (Å²) in [5.41, 5.74) is 1.76. The van der Waals surface area contributed by atoms with E-state index in [-0.39, 0.29) is 12.0 Å². The molecule has 0 radical (unpaired) electrons. The second-order valence-corrected chi connectivity index (χ2v) is 5.44. The third kappa shape index (κ3) is 4.16. The van der Waals surface area contributed by atoms with E-state index in [1.54, 1.807) is 5.01 Å². The zero-order valence-corrected chi connectivity index (χ0v) is 12.8. The molecule has 1 aliphatic rings. The Morgan fingerprint density at radius 2 is 1.78 bits per heavy atom. The number of carbonyl (C=O) groups excluding carboxylic acids is 1. The van der Waals surface area contributed by atoms with Gasteiger partial charge in [0.1, 0.15) is 12.6 Å². The van der Waals surface area contributed by atoms with Gasteiger partial charge in [0.15, 0.2) is 0 Å². The number of hydrogen-bond donors (Lipinski definition) is 0. The van der Waals surface area contributed by atoms with Crippen LogP contribution in [0.15, 0.2) is 71.0 Å². The predicted molar refractivity (Wildman–Crippen MR) is 86.9 cm³/mol. The van der Waals surface area contributed by atoms with Gasteiger partial charge in [0, 0.05) is 6.54 Å². The molecule has 0 bridgehead atoms. The number of benzene rings is 2. The fourth-order valence-electron chi connectivity index (χ4n) is 2.53. The first-order chi connectivity index (χ1) is 11.3. The summed E-state index contributed by atoms with van der Waals surface area (Å²) >= 11 is 0. The number of nitrogens with zero attached hydrogens (tertiary/aromatic N) is 3. The Kier molecular flexibility index (Phi) is 4.99. The van der Waals surface area contributed by atoms with E-state index < -0.39 is 0 Å². The first-order valence-electron chi connectivity index (χ1n) is 7.77. The first-order valence-corrected chi connectivity index (χ1v) is 7.77. The third-order valence-electron chi connectivity index (χ3n) is 3.75. The Morgan fingerprint density at radius 1 is 1.09 bits per heavy atom. The summed E-state index contributed by atoms with van der Waals surface area (Å²) in [6, 6.07) is 18.8. The normalized spacial score (nSPS) is 17.6. The molecule has 5 nitrogen and oxygen atoms in total. The van der Waals surface area contributed by atoms with Gasteiger partial charge in [0.25, 0.3) is 0 Å². The van der Waals surface area contributed by atoms with Gasteiger partial charge in [-0.3, -0.25) is 5.01 Å². The fraction of sp³-hybridized carbons (Fsp3) is 0.278. The van der Waals surface area contributed by atoms with Crippen molar-refractivity contribution in [2.24, 2.45) is 10.3 Å². The molecule has 1 atom stereocenters. The molecule has 2 aromatic carbocycles. The van der Waals surface area contributed by atoms with Crippen LogP contribution in [-0.4, -0.2) is 23.6 Å². The molecule has 1 heterocycles. The third-order valence-corrected chi connectivity index (χ3v) is 3.75. The van der Waals surface area contributed by atoms with Crippen LogP contribution < -0.4 is 0 Å². The van der Waals surface area contributed by atoms with Crippen molar-refractivity contribution in [2.45, 2.75) is 25.5 Å². The number of esters is 1. The standard InChI is InChI=1S/C18H19N3O2/c22-18(23-14-15-8-3-1-4-9-15)17-12-7-13-21(17)20-19-16-10-5-2-6-11-16/h1-6,8-11,17H,7,12-14H2. The van der Waals surface area contributed by atoms with Crippen LogP contribution in [0.2, 0.25) is 0 Å². The van der Waals surface area contributed by atoms with Gasteiger partial charge in [-0.25, -0.2) is 4.79 Å². The van der Waals surface area contributed by atoms with Crippen molar-refractivity contribution in [2.75, 3.05) is 6.54 Å². The van der Waals surface area contributed by atoms with Crippen LogP contribution in [0.1, 0.15) is 18.4 Å². The van der Waals surface area contributed by atoms with Crippen molar-refractivity contribution in [3.05, 3.63) is 66.2 Å². The van der Waals surface area contributed by atoms with Crippen molar-refractivity contribution < 1.29 is 9.53 Å². The summed E-state index contributed by atoms with van der Waals surface area (Å²) in [4.78, 5) is 12.3. The Hall–Kier alpha value is -2.69. The molecule has 0 aliphatic carbocycles. The molecular formula is C18H19N3O2. The maximum absolute atomic E-state index is 12.3. The SMILES string of the molecule is O=C(OCc1ccccc1)C1CCCN1N=Nc1ccccc1. The first kappa shape index (κ1) is 15.2. The molecule has 1 saturated heterocycles. The van der Waals surface area contributed by atoms with Crippen LogP contribution in [0, 0.1) is 0 Å². The average Bonchev–Trinajstić information content (AvgIpc) is 3.08. The van der Waals surface area contributed by atoms with E-state index in [1.165, 1.54) is 0 Å². The van der Waals surface area contributed by atoms with Gasteiger partial charge in [-0.2, -0.15) is 0 Å². The van der Waals surface area contributed by atoms with Gasteiger partial charge in [0.05, 0.1) is 5.69 Å². The molecule has 0 N–H and O–H groups in total. The van der Waals surface area contributed by atoms with E-state index in [1.807, 2.05) is 60.7 Å². The van der Waals surface area contributed by atoms with Gasteiger partial charge >= 0.3 is 5.97 Å². The van der Waals surface area contributed by atoms with Crippen molar-refractivity contribution in [3.63, 3.8) is 0 Å². The molecule has 5 heteroatoms. The van der Waals surface area contributed by atoms with Crippen molar-refractivity contribution in [1.29, 1.82) is 0 Å². The summed E-state index contributed by atoms with van der Waals surface area (Å²) in [5.74, 6) is -0.238. The highest BCUT2D eigenvalue weighted by Gasteiger charge is 2.31. The fourth-order valence-corrected chi connectivity index (χ4v) is 2.53. The predicted octanol–water partition coefficient (Wildman–Crippen LogP) is 3.89. The Bertz CT molecular complexity index is 658. The highest BCUT2D eigenvalue weighted by atomic mass is 16.5.